The monoisotopic (exact) mass is 418 g/mol. The molecule has 3 aliphatic rings. The molecular weight excluding hydrogens is 396 g/mol. The zero-order valence-corrected chi connectivity index (χ0v) is 17.0. The van der Waals surface area contributed by atoms with Gasteiger partial charge in [0.05, 0.1) is 11.8 Å². The Balaban J connectivity index is 1.85. The van der Waals surface area contributed by atoms with Crippen molar-refractivity contribution in [3.05, 3.63) is 28.8 Å². The number of primary amides is 1. The van der Waals surface area contributed by atoms with Crippen LogP contribution in [0.3, 0.4) is 0 Å². The van der Waals surface area contributed by atoms with E-state index in [9.17, 15) is 19.2 Å². The highest BCUT2D eigenvalue weighted by atomic mass is 35.5. The van der Waals surface area contributed by atoms with E-state index in [0.717, 1.165) is 0 Å². The minimum Gasteiger partial charge on any atom is -0.370 e. The van der Waals surface area contributed by atoms with E-state index in [1.807, 2.05) is 13.8 Å². The Kier molecular flexibility index (Phi) is 4.66. The molecule has 9 heteroatoms. The fraction of sp³-hybridized carbons (Fsp3) is 0.500. The van der Waals surface area contributed by atoms with Gasteiger partial charge in [0, 0.05) is 34.8 Å². The molecule has 8 nitrogen and oxygen atoms in total. The Bertz CT molecular complexity index is 935. The van der Waals surface area contributed by atoms with Crippen molar-refractivity contribution in [3.8, 4) is 0 Å². The summed E-state index contributed by atoms with van der Waals surface area (Å²) in [5.74, 6) is -3.21. The summed E-state index contributed by atoms with van der Waals surface area (Å²) in [6.07, 6.45) is 0.915. The number of imide groups is 1. The number of nitrogens with one attached hydrogen (secondary N) is 2. The molecule has 1 aromatic carbocycles. The van der Waals surface area contributed by atoms with Gasteiger partial charge < -0.3 is 11.1 Å². The molecule has 4 rings (SSSR count). The molecule has 4 amide bonds. The lowest BCUT2D eigenvalue weighted by Crippen LogP contribution is -2.54. The normalized spacial score (nSPS) is 31.2. The first-order chi connectivity index (χ1) is 13.7. The number of carbonyl (C=O) groups is 4. The zero-order chi connectivity index (χ0) is 21.1. The van der Waals surface area contributed by atoms with Gasteiger partial charge in [0.1, 0.15) is 5.54 Å². The van der Waals surface area contributed by atoms with Crippen molar-refractivity contribution in [2.24, 2.45) is 17.6 Å². The Labute approximate surface area is 173 Å². The molecule has 1 spiro atoms. The third-order valence-electron chi connectivity index (χ3n) is 6.44. The van der Waals surface area contributed by atoms with Crippen molar-refractivity contribution in [1.82, 2.24) is 10.2 Å². The number of halogens is 1. The molecule has 0 saturated carbocycles. The van der Waals surface area contributed by atoms with Crippen LogP contribution < -0.4 is 16.4 Å². The van der Waals surface area contributed by atoms with E-state index in [4.69, 9.17) is 17.3 Å². The fourth-order valence-electron chi connectivity index (χ4n) is 4.96. The van der Waals surface area contributed by atoms with Crippen molar-refractivity contribution in [2.75, 3.05) is 5.32 Å². The molecule has 29 heavy (non-hydrogen) atoms. The number of nitrogens with two attached hydrogens (primary N) is 1. The summed E-state index contributed by atoms with van der Waals surface area (Å²) in [5.41, 5.74) is 5.02. The predicted molar refractivity (Wildman–Crippen MR) is 106 cm³/mol. The van der Waals surface area contributed by atoms with Crippen LogP contribution in [-0.2, 0) is 24.7 Å². The second-order valence-electron chi connectivity index (χ2n) is 8.02. The van der Waals surface area contributed by atoms with Gasteiger partial charge in [0.15, 0.2) is 0 Å². The molecule has 0 aliphatic carbocycles. The van der Waals surface area contributed by atoms with E-state index in [0.29, 0.717) is 22.7 Å². The Morgan fingerprint density at radius 1 is 1.31 bits per heavy atom. The largest absolute Gasteiger partial charge is 0.370 e. The molecule has 0 unspecified atom stereocenters. The lowest BCUT2D eigenvalue weighted by Gasteiger charge is -2.31. The molecule has 4 N–H and O–H groups in total. The third-order valence-corrected chi connectivity index (χ3v) is 6.68. The van der Waals surface area contributed by atoms with Gasteiger partial charge in [-0.15, -0.1) is 0 Å². The third kappa shape index (κ3) is 2.69. The van der Waals surface area contributed by atoms with Gasteiger partial charge >= 0.3 is 0 Å². The molecule has 0 radical (unpaired) electrons. The number of nitrogens with zero attached hydrogens (tertiary/aromatic N) is 1. The van der Waals surface area contributed by atoms with Crippen LogP contribution in [0.5, 0.6) is 0 Å². The standard InChI is InChI=1S/C20H23ClN4O4/c1-3-9(2)25-17(27)15-13(6-7-14(22)26)24-20(16(15)18(25)28)11-8-10(21)4-5-12(11)23-19(20)29/h4-5,8-9,13,15-16,24H,3,6-7H2,1-2H3,(H2,22,26)(H,23,29)/t9-,13+,15+,16-,20-/m0/s1. The van der Waals surface area contributed by atoms with Crippen LogP contribution in [0.2, 0.25) is 5.02 Å². The molecule has 2 saturated heterocycles. The first-order valence-electron chi connectivity index (χ1n) is 9.76. The lowest BCUT2D eigenvalue weighted by molar-refractivity contribution is -0.145. The number of hydrogen-bond acceptors (Lipinski definition) is 5. The zero-order valence-electron chi connectivity index (χ0n) is 16.2. The van der Waals surface area contributed by atoms with Crippen molar-refractivity contribution >= 4 is 40.9 Å². The summed E-state index contributed by atoms with van der Waals surface area (Å²) in [7, 11) is 0. The average molecular weight is 419 g/mol. The number of benzene rings is 1. The fourth-order valence-corrected chi connectivity index (χ4v) is 5.13. The van der Waals surface area contributed by atoms with Gasteiger partial charge in [-0.3, -0.25) is 29.4 Å². The second-order valence-corrected chi connectivity index (χ2v) is 8.45. The highest BCUT2D eigenvalue weighted by molar-refractivity contribution is 6.31. The maximum atomic E-state index is 13.4. The van der Waals surface area contributed by atoms with Gasteiger partial charge in [-0.2, -0.15) is 0 Å². The molecule has 3 aliphatic heterocycles. The smallest absolute Gasteiger partial charge is 0.250 e. The van der Waals surface area contributed by atoms with E-state index >= 15 is 0 Å². The number of fused-ring (bicyclic) bond motifs is 4. The Hall–Kier alpha value is -2.45. The van der Waals surface area contributed by atoms with Crippen LogP contribution in [0, 0.1) is 11.8 Å². The van der Waals surface area contributed by atoms with Crippen LogP contribution in [-0.4, -0.2) is 40.6 Å². The number of hydrogen-bond donors (Lipinski definition) is 3. The molecule has 5 atom stereocenters. The van der Waals surface area contributed by atoms with Gasteiger partial charge in [0.25, 0.3) is 0 Å². The molecule has 154 valence electrons. The quantitative estimate of drug-likeness (QED) is 0.618. The SMILES string of the molecule is CC[C@H](C)N1C(=O)[C@H]2[C@@H](C1=O)[C@]1(N[C@@H]2CCC(N)=O)C(=O)Nc2ccc(Cl)cc21. The number of anilines is 1. The number of carbonyl (C=O) groups excluding carboxylic acids is 4. The summed E-state index contributed by atoms with van der Waals surface area (Å²) in [6.45, 7) is 3.71. The maximum Gasteiger partial charge on any atom is 0.250 e. The van der Waals surface area contributed by atoms with Crippen LogP contribution >= 0.6 is 11.6 Å². The maximum absolute atomic E-state index is 13.4. The van der Waals surface area contributed by atoms with E-state index < -0.39 is 35.2 Å². The molecule has 0 bridgehead atoms. The van der Waals surface area contributed by atoms with Gasteiger partial charge in [0.2, 0.25) is 23.6 Å². The van der Waals surface area contributed by atoms with Crippen LogP contribution in [0.25, 0.3) is 0 Å². The van der Waals surface area contributed by atoms with E-state index in [2.05, 4.69) is 10.6 Å². The molecule has 2 fully saturated rings. The topological polar surface area (TPSA) is 122 Å². The van der Waals surface area contributed by atoms with Crippen molar-refractivity contribution in [1.29, 1.82) is 0 Å². The molecule has 1 aromatic rings. The predicted octanol–water partition coefficient (Wildman–Crippen LogP) is 1.12. The summed E-state index contributed by atoms with van der Waals surface area (Å²) in [5, 5.41) is 6.49. The minimum atomic E-state index is -1.40. The second kappa shape index (κ2) is 6.81. The van der Waals surface area contributed by atoms with Crippen LogP contribution in [0.1, 0.15) is 38.7 Å². The summed E-state index contributed by atoms with van der Waals surface area (Å²) in [4.78, 5) is 52.6. The number of likely N-dealkylation sites (tertiary alicyclic amines) is 1. The van der Waals surface area contributed by atoms with Gasteiger partial charge in [-0.25, -0.2) is 0 Å². The number of amides is 4. The first kappa shape index (κ1) is 19.8. The Morgan fingerprint density at radius 3 is 2.69 bits per heavy atom. The van der Waals surface area contributed by atoms with Gasteiger partial charge in [-0.05, 0) is 38.0 Å². The van der Waals surface area contributed by atoms with Crippen LogP contribution in [0.15, 0.2) is 18.2 Å². The van der Waals surface area contributed by atoms with Crippen molar-refractivity contribution in [3.63, 3.8) is 0 Å². The average Bonchev–Trinajstić information content (AvgIpc) is 3.25. The highest BCUT2D eigenvalue weighted by Crippen LogP contribution is 2.54. The minimum absolute atomic E-state index is 0.0474. The highest BCUT2D eigenvalue weighted by Gasteiger charge is 2.70. The van der Waals surface area contributed by atoms with Crippen molar-refractivity contribution < 1.29 is 19.2 Å². The molecule has 0 aromatic heterocycles. The molecule has 3 heterocycles. The van der Waals surface area contributed by atoms with Crippen molar-refractivity contribution in [2.45, 2.75) is 50.7 Å². The lowest BCUT2D eigenvalue weighted by atomic mass is 9.76. The van der Waals surface area contributed by atoms with E-state index in [1.54, 1.807) is 18.2 Å². The van der Waals surface area contributed by atoms with Crippen LogP contribution in [0.4, 0.5) is 5.69 Å². The number of rotatable bonds is 5. The summed E-state index contributed by atoms with van der Waals surface area (Å²) >= 11 is 6.19. The first-order valence-corrected chi connectivity index (χ1v) is 10.1. The van der Waals surface area contributed by atoms with E-state index in [-0.39, 0.29) is 30.7 Å². The van der Waals surface area contributed by atoms with E-state index in [1.165, 1.54) is 4.90 Å². The van der Waals surface area contributed by atoms with Gasteiger partial charge in [-0.1, -0.05) is 18.5 Å². The summed E-state index contributed by atoms with van der Waals surface area (Å²) < 4.78 is 0. The summed E-state index contributed by atoms with van der Waals surface area (Å²) in [6, 6.07) is 4.18. The molecular formula is C20H23ClN4O4. The Morgan fingerprint density at radius 2 is 2.03 bits per heavy atom.